The molecule has 2 amide bonds. The Morgan fingerprint density at radius 1 is 1.09 bits per heavy atom. The van der Waals surface area contributed by atoms with E-state index in [1.54, 1.807) is 13.1 Å². The number of anilines is 1. The van der Waals surface area contributed by atoms with Gasteiger partial charge in [-0.1, -0.05) is 42.8 Å². The normalized spacial score (nSPS) is 10.2. The Morgan fingerprint density at radius 3 is 2.52 bits per heavy atom. The Balaban J connectivity index is 2.01. The number of aryl methyl sites for hydroxylation is 2. The molecule has 0 aromatic heterocycles. The summed E-state index contributed by atoms with van der Waals surface area (Å²) < 4.78 is 0. The summed E-state index contributed by atoms with van der Waals surface area (Å²) in [6.45, 7) is 3.99. The number of carbonyl (C=O) groups is 2. The number of carbonyl (C=O) groups excluding carboxylic acids is 2. The van der Waals surface area contributed by atoms with E-state index in [1.165, 1.54) is 4.90 Å². The Hall–Kier alpha value is -2.62. The average molecular weight is 310 g/mol. The molecule has 0 radical (unpaired) electrons. The summed E-state index contributed by atoms with van der Waals surface area (Å²) >= 11 is 0. The summed E-state index contributed by atoms with van der Waals surface area (Å²) in [6.07, 6.45) is 0.842. The maximum absolute atomic E-state index is 12.4. The largest absolute Gasteiger partial charge is 0.332 e. The van der Waals surface area contributed by atoms with Crippen molar-refractivity contribution in [1.82, 2.24) is 4.90 Å². The van der Waals surface area contributed by atoms with E-state index in [1.807, 2.05) is 56.3 Å². The molecule has 2 aromatic carbocycles. The summed E-state index contributed by atoms with van der Waals surface area (Å²) in [6, 6.07) is 15.0. The second kappa shape index (κ2) is 7.58. The molecule has 23 heavy (non-hydrogen) atoms. The zero-order chi connectivity index (χ0) is 16.8. The third kappa shape index (κ3) is 4.42. The zero-order valence-corrected chi connectivity index (χ0v) is 13.8. The van der Waals surface area contributed by atoms with Crippen LogP contribution in [0.25, 0.3) is 0 Å². The molecule has 0 saturated heterocycles. The number of nitrogens with one attached hydrogen (secondary N) is 1. The van der Waals surface area contributed by atoms with E-state index in [0.29, 0.717) is 5.56 Å². The first kappa shape index (κ1) is 16.7. The molecule has 1 N–H and O–H groups in total. The van der Waals surface area contributed by atoms with Crippen molar-refractivity contribution in [3.05, 3.63) is 65.2 Å². The van der Waals surface area contributed by atoms with E-state index in [2.05, 4.69) is 5.32 Å². The molecule has 0 aliphatic heterocycles. The molecule has 4 nitrogen and oxygen atoms in total. The predicted molar refractivity (Wildman–Crippen MR) is 92.6 cm³/mol. The van der Waals surface area contributed by atoms with E-state index < -0.39 is 0 Å². The van der Waals surface area contributed by atoms with E-state index in [0.717, 1.165) is 23.2 Å². The molecule has 0 bridgehead atoms. The molecule has 0 spiro atoms. The van der Waals surface area contributed by atoms with Crippen LogP contribution in [0.1, 0.15) is 28.4 Å². The van der Waals surface area contributed by atoms with Crippen LogP contribution >= 0.6 is 0 Å². The molecule has 0 unspecified atom stereocenters. The third-order valence-electron chi connectivity index (χ3n) is 3.66. The maximum Gasteiger partial charge on any atom is 0.254 e. The van der Waals surface area contributed by atoms with E-state index in [-0.39, 0.29) is 18.4 Å². The molecule has 0 heterocycles. The molecule has 4 heteroatoms. The summed E-state index contributed by atoms with van der Waals surface area (Å²) in [4.78, 5) is 26.0. The molecule has 0 saturated carbocycles. The Kier molecular flexibility index (Phi) is 5.52. The molecular weight excluding hydrogens is 288 g/mol. The first-order chi connectivity index (χ1) is 11.0. The number of benzene rings is 2. The molecule has 120 valence electrons. The fourth-order valence-corrected chi connectivity index (χ4v) is 2.43. The second-order valence-corrected chi connectivity index (χ2v) is 5.59. The Bertz CT molecular complexity index is 710. The quantitative estimate of drug-likeness (QED) is 0.921. The minimum atomic E-state index is -0.200. The van der Waals surface area contributed by atoms with Gasteiger partial charge in [-0.2, -0.15) is 0 Å². The highest BCUT2D eigenvalue weighted by Crippen LogP contribution is 2.15. The third-order valence-corrected chi connectivity index (χ3v) is 3.66. The molecule has 2 rings (SSSR count). The number of rotatable bonds is 5. The summed E-state index contributed by atoms with van der Waals surface area (Å²) in [5, 5.41) is 2.88. The van der Waals surface area contributed by atoms with Gasteiger partial charge in [0.05, 0.1) is 6.54 Å². The summed E-state index contributed by atoms with van der Waals surface area (Å²) in [5.41, 5.74) is 3.49. The first-order valence-electron chi connectivity index (χ1n) is 7.71. The van der Waals surface area contributed by atoms with Gasteiger partial charge < -0.3 is 10.2 Å². The van der Waals surface area contributed by atoms with Gasteiger partial charge >= 0.3 is 0 Å². The van der Waals surface area contributed by atoms with Crippen LogP contribution in [0.5, 0.6) is 0 Å². The number of nitrogens with zero attached hydrogens (tertiary/aromatic N) is 1. The van der Waals surface area contributed by atoms with Crippen LogP contribution < -0.4 is 5.32 Å². The number of hydrogen-bond donors (Lipinski definition) is 1. The van der Waals surface area contributed by atoms with Gasteiger partial charge in [-0.3, -0.25) is 9.59 Å². The first-order valence-corrected chi connectivity index (χ1v) is 7.71. The lowest BCUT2D eigenvalue weighted by Crippen LogP contribution is -2.35. The highest BCUT2D eigenvalue weighted by Gasteiger charge is 2.15. The smallest absolute Gasteiger partial charge is 0.254 e. The van der Waals surface area contributed by atoms with E-state index >= 15 is 0 Å². The van der Waals surface area contributed by atoms with Crippen molar-refractivity contribution in [2.45, 2.75) is 20.3 Å². The van der Waals surface area contributed by atoms with Crippen LogP contribution in [0.2, 0.25) is 0 Å². The minimum absolute atomic E-state index is 0.0187. The standard InChI is InChI=1S/C19H22N2O2/c1-4-15-9-5-6-11-17(15)20-18(22)13-21(3)19(23)16-10-7-8-14(2)12-16/h5-12H,4,13H2,1-3H3,(H,20,22). The SMILES string of the molecule is CCc1ccccc1NC(=O)CN(C)C(=O)c1cccc(C)c1. The van der Waals surface area contributed by atoms with E-state index in [4.69, 9.17) is 0 Å². The fourth-order valence-electron chi connectivity index (χ4n) is 2.43. The van der Waals surface area contributed by atoms with Gasteiger partial charge in [0, 0.05) is 18.3 Å². The van der Waals surface area contributed by atoms with Crippen LogP contribution in [-0.2, 0) is 11.2 Å². The van der Waals surface area contributed by atoms with Gasteiger partial charge in [0.1, 0.15) is 0 Å². The highest BCUT2D eigenvalue weighted by atomic mass is 16.2. The second-order valence-electron chi connectivity index (χ2n) is 5.59. The van der Waals surface area contributed by atoms with Gasteiger partial charge in [0.15, 0.2) is 0 Å². The fraction of sp³-hybridized carbons (Fsp3) is 0.263. The lowest BCUT2D eigenvalue weighted by atomic mass is 10.1. The van der Waals surface area contributed by atoms with Gasteiger partial charge in [0.25, 0.3) is 5.91 Å². The Labute approximate surface area is 137 Å². The molecule has 0 aliphatic rings. The van der Waals surface area contributed by atoms with Crippen molar-refractivity contribution in [3.8, 4) is 0 Å². The topological polar surface area (TPSA) is 49.4 Å². The van der Waals surface area contributed by atoms with Crippen molar-refractivity contribution >= 4 is 17.5 Å². The number of hydrogen-bond acceptors (Lipinski definition) is 2. The molecule has 0 atom stereocenters. The van der Waals surface area contributed by atoms with Crippen molar-refractivity contribution in [2.24, 2.45) is 0 Å². The number of likely N-dealkylation sites (N-methyl/N-ethyl adjacent to an activating group) is 1. The summed E-state index contributed by atoms with van der Waals surface area (Å²) in [5.74, 6) is -0.359. The van der Waals surface area contributed by atoms with E-state index in [9.17, 15) is 9.59 Å². The lowest BCUT2D eigenvalue weighted by molar-refractivity contribution is -0.116. The molecular formula is C19H22N2O2. The number of amides is 2. The zero-order valence-electron chi connectivity index (χ0n) is 13.8. The van der Waals surface area contributed by atoms with Gasteiger partial charge in [-0.15, -0.1) is 0 Å². The molecule has 0 aliphatic carbocycles. The molecule has 2 aromatic rings. The monoisotopic (exact) mass is 310 g/mol. The van der Waals surface area contributed by atoms with Crippen LogP contribution in [0, 0.1) is 6.92 Å². The van der Waals surface area contributed by atoms with Crippen molar-refractivity contribution in [3.63, 3.8) is 0 Å². The number of para-hydroxylation sites is 1. The summed E-state index contributed by atoms with van der Waals surface area (Å²) in [7, 11) is 1.63. The van der Waals surface area contributed by atoms with Gasteiger partial charge in [0.2, 0.25) is 5.91 Å². The Morgan fingerprint density at radius 2 is 1.83 bits per heavy atom. The van der Waals surface area contributed by atoms with Crippen molar-refractivity contribution in [2.75, 3.05) is 18.9 Å². The maximum atomic E-state index is 12.4. The van der Waals surface area contributed by atoms with Crippen LogP contribution in [0.3, 0.4) is 0 Å². The molecule has 0 fully saturated rings. The van der Waals surface area contributed by atoms with Crippen LogP contribution in [-0.4, -0.2) is 30.3 Å². The lowest BCUT2D eigenvalue weighted by Gasteiger charge is -2.18. The van der Waals surface area contributed by atoms with Crippen molar-refractivity contribution < 1.29 is 9.59 Å². The van der Waals surface area contributed by atoms with Crippen LogP contribution in [0.15, 0.2) is 48.5 Å². The van der Waals surface area contributed by atoms with Gasteiger partial charge in [-0.25, -0.2) is 0 Å². The minimum Gasteiger partial charge on any atom is -0.332 e. The highest BCUT2D eigenvalue weighted by molar-refractivity contribution is 5.99. The van der Waals surface area contributed by atoms with Gasteiger partial charge in [-0.05, 0) is 37.1 Å². The average Bonchev–Trinajstić information content (AvgIpc) is 2.54. The van der Waals surface area contributed by atoms with Crippen molar-refractivity contribution in [1.29, 1.82) is 0 Å². The van der Waals surface area contributed by atoms with Crippen LogP contribution in [0.4, 0.5) is 5.69 Å². The predicted octanol–water partition coefficient (Wildman–Crippen LogP) is 3.27.